The topological polar surface area (TPSA) is 87.4 Å². The summed E-state index contributed by atoms with van der Waals surface area (Å²) < 4.78 is 61.4. The van der Waals surface area contributed by atoms with Crippen LogP contribution >= 0.6 is 10.7 Å². The number of hydrogen-bond acceptors (Lipinski definition) is 5. The minimum absolute atomic E-state index is 0.397. The molecular weight excluding hydrogens is 299 g/mol. The van der Waals surface area contributed by atoms with Crippen molar-refractivity contribution in [3.63, 3.8) is 0 Å². The van der Waals surface area contributed by atoms with Gasteiger partial charge in [0.1, 0.15) is 17.4 Å². The Morgan fingerprint density at radius 2 is 1.94 bits per heavy atom. The quantitative estimate of drug-likeness (QED) is 0.845. The van der Waals surface area contributed by atoms with Crippen molar-refractivity contribution >= 4 is 19.7 Å². The van der Waals surface area contributed by atoms with Gasteiger partial charge in [0.05, 0.1) is 4.90 Å². The highest BCUT2D eigenvalue weighted by atomic mass is 35.7. The van der Waals surface area contributed by atoms with E-state index >= 15 is 0 Å². The first-order valence-electron chi connectivity index (χ1n) is 4.02. The maximum atomic E-state index is 12.0. The second kappa shape index (κ2) is 4.55. The van der Waals surface area contributed by atoms with Crippen LogP contribution < -0.4 is 4.74 Å². The molecule has 1 aromatic carbocycles. The number of aromatic hydroxyl groups is 1. The Balaban J connectivity index is 3.48. The molecule has 10 heteroatoms. The Hall–Kier alpha value is -1.66. The minimum atomic E-state index is -5.15. The summed E-state index contributed by atoms with van der Waals surface area (Å²) in [6.07, 6.45) is -5.15. The lowest BCUT2D eigenvalue weighted by molar-refractivity contribution is -0.274. The maximum Gasteiger partial charge on any atom is 0.573 e. The second-order valence-corrected chi connectivity index (χ2v) is 5.48. The number of ether oxygens (including phenoxy) is 1. The summed E-state index contributed by atoms with van der Waals surface area (Å²) in [6, 6.07) is 2.19. The SMILES string of the molecule is N#Cc1c(O)cc(S(=O)(=O)Cl)cc1OC(F)(F)F. The lowest BCUT2D eigenvalue weighted by Crippen LogP contribution is -2.18. The number of nitrogens with zero attached hydrogens (tertiary/aromatic N) is 1. The largest absolute Gasteiger partial charge is 0.573 e. The molecule has 0 bridgehead atoms. The molecule has 5 nitrogen and oxygen atoms in total. The molecule has 0 saturated heterocycles. The number of phenolic OH excluding ortho intramolecular Hbond substituents is 1. The molecule has 0 aliphatic rings. The fourth-order valence-corrected chi connectivity index (χ4v) is 1.80. The summed E-state index contributed by atoms with van der Waals surface area (Å²) in [5, 5.41) is 17.8. The van der Waals surface area contributed by atoms with E-state index in [0.717, 1.165) is 0 Å². The highest BCUT2D eigenvalue weighted by molar-refractivity contribution is 8.13. The monoisotopic (exact) mass is 301 g/mol. The maximum absolute atomic E-state index is 12.0. The van der Waals surface area contributed by atoms with E-state index in [9.17, 15) is 26.7 Å². The highest BCUT2D eigenvalue weighted by Gasteiger charge is 2.33. The van der Waals surface area contributed by atoms with E-state index in [0.29, 0.717) is 12.1 Å². The van der Waals surface area contributed by atoms with Crippen LogP contribution in [-0.2, 0) is 9.05 Å². The zero-order valence-electron chi connectivity index (χ0n) is 8.19. The normalized spacial score (nSPS) is 11.9. The van der Waals surface area contributed by atoms with Gasteiger partial charge in [0.25, 0.3) is 9.05 Å². The third kappa shape index (κ3) is 3.41. The predicted molar refractivity (Wildman–Crippen MR) is 52.5 cm³/mol. The Kier molecular flexibility index (Phi) is 3.64. The summed E-state index contributed by atoms with van der Waals surface area (Å²) in [6.45, 7) is 0. The van der Waals surface area contributed by atoms with E-state index in [1.807, 2.05) is 0 Å². The van der Waals surface area contributed by atoms with Gasteiger partial charge in [-0.2, -0.15) is 5.26 Å². The van der Waals surface area contributed by atoms with Crippen LogP contribution in [0.15, 0.2) is 17.0 Å². The summed E-state index contributed by atoms with van der Waals surface area (Å²) in [7, 11) is 0.538. The molecule has 18 heavy (non-hydrogen) atoms. The van der Waals surface area contributed by atoms with Gasteiger partial charge in [-0.05, 0) is 0 Å². The van der Waals surface area contributed by atoms with E-state index in [-0.39, 0.29) is 0 Å². The Morgan fingerprint density at radius 1 is 1.39 bits per heavy atom. The number of hydrogen-bond donors (Lipinski definition) is 1. The lowest BCUT2D eigenvalue weighted by atomic mass is 10.2. The number of halogens is 4. The molecule has 0 fully saturated rings. The lowest BCUT2D eigenvalue weighted by Gasteiger charge is -2.11. The third-order valence-corrected chi connectivity index (χ3v) is 3.01. The van der Waals surface area contributed by atoms with Gasteiger partial charge in [-0.3, -0.25) is 0 Å². The molecule has 0 radical (unpaired) electrons. The van der Waals surface area contributed by atoms with Gasteiger partial charge < -0.3 is 9.84 Å². The minimum Gasteiger partial charge on any atom is -0.506 e. The van der Waals surface area contributed by atoms with Gasteiger partial charge in [-0.1, -0.05) is 0 Å². The van der Waals surface area contributed by atoms with E-state index in [4.69, 9.17) is 15.9 Å². The molecule has 0 unspecified atom stereocenters. The van der Waals surface area contributed by atoms with Crippen LogP contribution in [0.4, 0.5) is 13.2 Å². The van der Waals surface area contributed by atoms with Gasteiger partial charge >= 0.3 is 6.36 Å². The summed E-state index contributed by atoms with van der Waals surface area (Å²) in [5.74, 6) is -2.14. The second-order valence-electron chi connectivity index (χ2n) is 2.91. The van der Waals surface area contributed by atoms with Gasteiger partial charge in [0, 0.05) is 22.8 Å². The number of benzene rings is 1. The summed E-state index contributed by atoms with van der Waals surface area (Å²) >= 11 is 0. The predicted octanol–water partition coefficient (Wildman–Crippen LogP) is 2.09. The van der Waals surface area contributed by atoms with E-state index in [1.165, 1.54) is 6.07 Å². The van der Waals surface area contributed by atoms with Gasteiger partial charge in [-0.15, -0.1) is 13.2 Å². The van der Waals surface area contributed by atoms with Gasteiger partial charge in [0.15, 0.2) is 5.75 Å². The molecule has 1 N–H and O–H groups in total. The number of nitriles is 1. The molecule has 0 spiro atoms. The van der Waals surface area contributed by atoms with Crippen LogP contribution in [0.25, 0.3) is 0 Å². The molecule has 0 atom stereocenters. The smallest absolute Gasteiger partial charge is 0.506 e. The standard InChI is InChI=1S/C8H3ClF3NO4S/c9-18(15,16)4-1-6(14)5(3-13)7(2-4)17-8(10,11)12/h1-2,14H. The first kappa shape index (κ1) is 14.4. The Morgan fingerprint density at radius 3 is 2.33 bits per heavy atom. The molecular formula is C8H3ClF3NO4S. The Bertz CT molecular complexity index is 620. The molecule has 98 valence electrons. The summed E-state index contributed by atoms with van der Waals surface area (Å²) in [5.41, 5.74) is -0.851. The molecule has 1 rings (SSSR count). The van der Waals surface area contributed by atoms with Crippen molar-refractivity contribution in [2.45, 2.75) is 11.3 Å². The van der Waals surface area contributed by atoms with Gasteiger partial charge in [-0.25, -0.2) is 8.42 Å². The van der Waals surface area contributed by atoms with Crippen molar-refractivity contribution in [1.29, 1.82) is 5.26 Å². The highest BCUT2D eigenvalue weighted by Crippen LogP contribution is 2.35. The molecule has 0 saturated carbocycles. The zero-order chi connectivity index (χ0) is 14.1. The van der Waals surface area contributed by atoms with Crippen molar-refractivity contribution < 1.29 is 31.4 Å². The molecule has 0 aliphatic heterocycles. The fraction of sp³-hybridized carbons (Fsp3) is 0.125. The zero-order valence-corrected chi connectivity index (χ0v) is 9.77. The van der Waals surface area contributed by atoms with Crippen molar-refractivity contribution in [3.8, 4) is 17.6 Å². The molecule has 0 aromatic heterocycles. The number of rotatable bonds is 2. The molecule has 1 aromatic rings. The van der Waals surface area contributed by atoms with Crippen molar-refractivity contribution in [2.75, 3.05) is 0 Å². The van der Waals surface area contributed by atoms with Crippen LogP contribution in [-0.4, -0.2) is 19.9 Å². The fourth-order valence-electron chi connectivity index (χ4n) is 1.03. The van der Waals surface area contributed by atoms with Crippen LogP contribution in [0.5, 0.6) is 11.5 Å². The van der Waals surface area contributed by atoms with Crippen molar-refractivity contribution in [3.05, 3.63) is 17.7 Å². The van der Waals surface area contributed by atoms with Crippen LogP contribution in [0, 0.1) is 11.3 Å². The van der Waals surface area contributed by atoms with Crippen LogP contribution in [0.1, 0.15) is 5.56 Å². The van der Waals surface area contributed by atoms with Crippen LogP contribution in [0.2, 0.25) is 0 Å². The first-order chi connectivity index (χ1) is 8.04. The third-order valence-electron chi connectivity index (χ3n) is 1.67. The van der Waals surface area contributed by atoms with E-state index in [1.54, 1.807) is 0 Å². The molecule has 0 amide bonds. The van der Waals surface area contributed by atoms with Gasteiger partial charge in [0.2, 0.25) is 0 Å². The number of phenols is 1. The van der Waals surface area contributed by atoms with Crippen molar-refractivity contribution in [1.82, 2.24) is 0 Å². The van der Waals surface area contributed by atoms with E-state index < -0.39 is 37.4 Å². The van der Waals surface area contributed by atoms with Crippen molar-refractivity contribution in [2.24, 2.45) is 0 Å². The summed E-state index contributed by atoms with van der Waals surface area (Å²) in [4.78, 5) is -0.820. The average Bonchev–Trinajstić information content (AvgIpc) is 2.13. The molecule has 0 aliphatic carbocycles. The Labute approximate surface area is 103 Å². The average molecular weight is 302 g/mol. The number of alkyl halides is 3. The van der Waals surface area contributed by atoms with Crippen LogP contribution in [0.3, 0.4) is 0 Å². The first-order valence-corrected chi connectivity index (χ1v) is 6.33. The molecule has 0 heterocycles. The van der Waals surface area contributed by atoms with E-state index in [2.05, 4.69) is 4.74 Å².